The summed E-state index contributed by atoms with van der Waals surface area (Å²) in [6.07, 6.45) is 6.27. The summed E-state index contributed by atoms with van der Waals surface area (Å²) in [6, 6.07) is 6.62. The van der Waals surface area contributed by atoms with E-state index >= 15 is 0 Å². The number of fused-ring (bicyclic) bond motifs is 1. The molecule has 21 heavy (non-hydrogen) atoms. The van der Waals surface area contributed by atoms with Gasteiger partial charge >= 0.3 is 0 Å². The van der Waals surface area contributed by atoms with Gasteiger partial charge < -0.3 is 15.4 Å². The predicted octanol–water partition coefficient (Wildman–Crippen LogP) is 2.79. The Bertz CT molecular complexity index is 510. The monoisotopic (exact) mass is 288 g/mol. The van der Waals surface area contributed by atoms with E-state index in [9.17, 15) is 4.79 Å². The zero-order valence-electron chi connectivity index (χ0n) is 12.7. The van der Waals surface area contributed by atoms with Crippen LogP contribution in [0.1, 0.15) is 49.3 Å². The minimum Gasteiger partial charge on any atom is -0.376 e. The molecule has 1 aromatic carbocycles. The van der Waals surface area contributed by atoms with Gasteiger partial charge in [-0.1, -0.05) is 12.1 Å². The van der Waals surface area contributed by atoms with Crippen molar-refractivity contribution < 1.29 is 9.53 Å². The molecule has 0 saturated carbocycles. The van der Waals surface area contributed by atoms with Gasteiger partial charge in [0.15, 0.2) is 0 Å². The second-order valence-electron chi connectivity index (χ2n) is 5.99. The number of rotatable bonds is 3. The zero-order valence-corrected chi connectivity index (χ0v) is 12.7. The molecule has 2 aliphatic heterocycles. The molecule has 2 N–H and O–H groups in total. The Morgan fingerprint density at radius 1 is 1.29 bits per heavy atom. The van der Waals surface area contributed by atoms with E-state index < -0.39 is 0 Å². The van der Waals surface area contributed by atoms with Crippen molar-refractivity contribution >= 4 is 11.6 Å². The molecule has 4 nitrogen and oxygen atoms in total. The fourth-order valence-electron chi connectivity index (χ4n) is 3.38. The third-order valence-electron chi connectivity index (χ3n) is 4.51. The first-order chi connectivity index (χ1) is 10.3. The molecule has 1 saturated heterocycles. The maximum absolute atomic E-state index is 11.6. The first-order valence-corrected chi connectivity index (χ1v) is 7.99. The lowest BCUT2D eigenvalue weighted by molar-refractivity contribution is -0.116. The topological polar surface area (TPSA) is 50.4 Å². The summed E-state index contributed by atoms with van der Waals surface area (Å²) in [5.74, 6) is 0.127. The number of ether oxygens (including phenoxy) is 1. The number of hydrogen-bond acceptors (Lipinski definition) is 3. The Morgan fingerprint density at radius 2 is 2.19 bits per heavy atom. The van der Waals surface area contributed by atoms with Crippen molar-refractivity contribution in [2.45, 2.75) is 50.7 Å². The van der Waals surface area contributed by atoms with Gasteiger partial charge in [0.2, 0.25) is 5.91 Å². The molecule has 0 bridgehead atoms. The fourth-order valence-corrected chi connectivity index (χ4v) is 3.38. The lowest BCUT2D eigenvalue weighted by atomic mass is 9.93. The highest BCUT2D eigenvalue weighted by atomic mass is 16.5. The molecule has 2 aliphatic rings. The summed E-state index contributed by atoms with van der Waals surface area (Å²) >= 11 is 0. The molecule has 0 spiro atoms. The summed E-state index contributed by atoms with van der Waals surface area (Å²) in [5, 5.41) is 6.40. The molecule has 1 amide bonds. The number of likely N-dealkylation sites (N-methyl/N-ethyl adjacent to an activating group) is 1. The fraction of sp³-hybridized carbons (Fsp3) is 0.588. The number of amides is 1. The number of carbonyl (C=O) groups is 1. The van der Waals surface area contributed by atoms with Gasteiger partial charge in [-0.25, -0.2) is 0 Å². The average Bonchev–Trinajstić information content (AvgIpc) is 2.69. The van der Waals surface area contributed by atoms with Crippen molar-refractivity contribution in [3.63, 3.8) is 0 Å². The van der Waals surface area contributed by atoms with Gasteiger partial charge in [0.05, 0.1) is 12.1 Å². The van der Waals surface area contributed by atoms with Gasteiger partial charge in [0.25, 0.3) is 0 Å². The Hall–Kier alpha value is -1.39. The lowest BCUT2D eigenvalue weighted by Crippen LogP contribution is -2.34. The highest BCUT2D eigenvalue weighted by molar-refractivity contribution is 5.92. The molecular formula is C17H24N2O2. The highest BCUT2D eigenvalue weighted by Crippen LogP contribution is 2.30. The van der Waals surface area contributed by atoms with E-state index in [0.29, 0.717) is 6.42 Å². The quantitative estimate of drug-likeness (QED) is 0.899. The lowest BCUT2D eigenvalue weighted by Gasteiger charge is -2.31. The number of hydrogen-bond donors (Lipinski definition) is 2. The molecule has 4 heteroatoms. The second-order valence-corrected chi connectivity index (χ2v) is 5.99. The summed E-state index contributed by atoms with van der Waals surface area (Å²) < 4.78 is 5.94. The number of benzene rings is 1. The van der Waals surface area contributed by atoms with Crippen LogP contribution in [0.3, 0.4) is 0 Å². The highest BCUT2D eigenvalue weighted by Gasteiger charge is 2.25. The van der Waals surface area contributed by atoms with Crippen LogP contribution in [-0.4, -0.2) is 25.7 Å². The van der Waals surface area contributed by atoms with Crippen LogP contribution in [0.25, 0.3) is 0 Å². The van der Waals surface area contributed by atoms with Gasteiger partial charge in [-0.2, -0.15) is 0 Å². The predicted molar refractivity (Wildman–Crippen MR) is 83.4 cm³/mol. The first-order valence-electron chi connectivity index (χ1n) is 7.99. The number of nitrogens with one attached hydrogen (secondary N) is 2. The van der Waals surface area contributed by atoms with Gasteiger partial charge in [-0.05, 0) is 56.3 Å². The number of aryl methyl sites for hydroxylation is 1. The van der Waals surface area contributed by atoms with E-state index in [1.54, 1.807) is 0 Å². The van der Waals surface area contributed by atoms with E-state index in [4.69, 9.17) is 4.74 Å². The minimum atomic E-state index is 0.127. The van der Waals surface area contributed by atoms with Crippen LogP contribution in [0.5, 0.6) is 0 Å². The third-order valence-corrected chi connectivity index (χ3v) is 4.51. The number of anilines is 1. The van der Waals surface area contributed by atoms with E-state index in [2.05, 4.69) is 22.8 Å². The third kappa shape index (κ3) is 3.27. The van der Waals surface area contributed by atoms with E-state index in [1.807, 2.05) is 13.1 Å². The van der Waals surface area contributed by atoms with Crippen LogP contribution >= 0.6 is 0 Å². The largest absolute Gasteiger partial charge is 0.376 e. The van der Waals surface area contributed by atoms with Gasteiger partial charge in [0.1, 0.15) is 0 Å². The Kier molecular flexibility index (Phi) is 4.56. The van der Waals surface area contributed by atoms with E-state index in [1.165, 1.54) is 24.0 Å². The van der Waals surface area contributed by atoms with Crippen LogP contribution < -0.4 is 10.6 Å². The SMILES string of the molecule is CNC(c1ccc2c(c1)CCCC(=O)N2)C1CCCCO1. The zero-order chi connectivity index (χ0) is 14.7. The van der Waals surface area contributed by atoms with Crippen molar-refractivity contribution in [3.8, 4) is 0 Å². The Balaban J connectivity index is 1.84. The summed E-state index contributed by atoms with van der Waals surface area (Å²) in [7, 11) is 2.00. The molecule has 114 valence electrons. The second kappa shape index (κ2) is 6.58. The van der Waals surface area contributed by atoms with Gasteiger partial charge in [-0.3, -0.25) is 4.79 Å². The molecule has 3 rings (SSSR count). The molecule has 2 heterocycles. The van der Waals surface area contributed by atoms with Crippen molar-refractivity contribution in [2.75, 3.05) is 19.0 Å². The van der Waals surface area contributed by atoms with Crippen molar-refractivity contribution in [1.82, 2.24) is 5.32 Å². The molecule has 0 aliphatic carbocycles. The van der Waals surface area contributed by atoms with Crippen LogP contribution in [0.4, 0.5) is 5.69 Å². The van der Waals surface area contributed by atoms with Crippen LogP contribution in [-0.2, 0) is 16.0 Å². The first kappa shape index (κ1) is 14.5. The minimum absolute atomic E-state index is 0.127. The Morgan fingerprint density at radius 3 is 2.95 bits per heavy atom. The molecule has 0 radical (unpaired) electrons. The Labute approximate surface area is 126 Å². The molecule has 2 atom stereocenters. The van der Waals surface area contributed by atoms with Crippen molar-refractivity contribution in [3.05, 3.63) is 29.3 Å². The molecule has 2 unspecified atom stereocenters. The number of carbonyl (C=O) groups excluding carboxylic acids is 1. The maximum Gasteiger partial charge on any atom is 0.224 e. The van der Waals surface area contributed by atoms with Crippen molar-refractivity contribution in [2.24, 2.45) is 0 Å². The molecule has 1 fully saturated rings. The van der Waals surface area contributed by atoms with Crippen molar-refractivity contribution in [1.29, 1.82) is 0 Å². The van der Waals surface area contributed by atoms with Gasteiger partial charge in [-0.15, -0.1) is 0 Å². The normalized spacial score (nSPS) is 23.9. The smallest absolute Gasteiger partial charge is 0.224 e. The standard InChI is InChI=1S/C17H24N2O2/c1-18-17(15-6-2-3-10-21-15)13-8-9-14-12(11-13)5-4-7-16(20)19-14/h8-9,11,15,17-18H,2-7,10H2,1H3,(H,19,20). The van der Waals surface area contributed by atoms with Crippen LogP contribution in [0.15, 0.2) is 18.2 Å². The molecular weight excluding hydrogens is 264 g/mol. The van der Waals surface area contributed by atoms with Gasteiger partial charge in [0, 0.05) is 18.7 Å². The van der Waals surface area contributed by atoms with Crippen LogP contribution in [0.2, 0.25) is 0 Å². The van der Waals surface area contributed by atoms with Crippen LogP contribution in [0, 0.1) is 0 Å². The maximum atomic E-state index is 11.6. The van der Waals surface area contributed by atoms with E-state index in [-0.39, 0.29) is 18.1 Å². The average molecular weight is 288 g/mol. The summed E-state index contributed by atoms with van der Waals surface area (Å²) in [5.41, 5.74) is 3.48. The molecule has 0 aromatic heterocycles. The summed E-state index contributed by atoms with van der Waals surface area (Å²) in [4.78, 5) is 11.6. The molecule has 1 aromatic rings. The van der Waals surface area contributed by atoms with E-state index in [0.717, 1.165) is 31.6 Å². The summed E-state index contributed by atoms with van der Waals surface area (Å²) in [6.45, 7) is 0.865.